The van der Waals surface area contributed by atoms with Crippen LogP contribution in [0.3, 0.4) is 0 Å². The largest absolute Gasteiger partial charge is 0.316 e. The molecule has 0 fully saturated rings. The lowest BCUT2D eigenvalue weighted by atomic mass is 10.1. The van der Waals surface area contributed by atoms with Crippen molar-refractivity contribution in [1.82, 2.24) is 4.57 Å². The van der Waals surface area contributed by atoms with E-state index in [1.54, 1.807) is 23.1 Å². The van der Waals surface area contributed by atoms with Crippen molar-refractivity contribution in [3.63, 3.8) is 0 Å². The summed E-state index contributed by atoms with van der Waals surface area (Å²) in [6.45, 7) is 5.00. The molecule has 0 bridgehead atoms. The summed E-state index contributed by atoms with van der Waals surface area (Å²) in [5.41, 5.74) is 4.18. The molecular formula is C20H22N2OS2. The number of carbonyl (C=O) groups is 1. The number of aryl methyl sites for hydroxylation is 3. The number of hydrogen-bond donors (Lipinski definition) is 0. The molecule has 0 aliphatic rings. The van der Waals surface area contributed by atoms with Crippen molar-refractivity contribution in [1.29, 1.82) is 0 Å². The van der Waals surface area contributed by atoms with Crippen LogP contribution in [0.15, 0.2) is 47.5 Å². The van der Waals surface area contributed by atoms with Crippen LogP contribution in [0, 0.1) is 6.92 Å². The zero-order valence-corrected chi connectivity index (χ0v) is 16.4. The zero-order valence-electron chi connectivity index (χ0n) is 14.8. The Morgan fingerprint density at radius 2 is 2.08 bits per heavy atom. The second-order valence-corrected chi connectivity index (χ2v) is 7.97. The molecule has 2 aromatic carbocycles. The van der Waals surface area contributed by atoms with Crippen LogP contribution in [0.5, 0.6) is 0 Å². The fraction of sp³-hybridized carbons (Fsp3) is 0.300. The van der Waals surface area contributed by atoms with Crippen LogP contribution in [0.1, 0.15) is 28.4 Å². The van der Waals surface area contributed by atoms with Gasteiger partial charge in [0.05, 0.1) is 10.2 Å². The highest BCUT2D eigenvalue weighted by atomic mass is 32.2. The van der Waals surface area contributed by atoms with Gasteiger partial charge < -0.3 is 4.57 Å². The molecule has 3 rings (SSSR count). The summed E-state index contributed by atoms with van der Waals surface area (Å²) < 4.78 is 3.36. The van der Waals surface area contributed by atoms with E-state index in [1.165, 1.54) is 10.3 Å². The maximum absolute atomic E-state index is 12.6. The van der Waals surface area contributed by atoms with Gasteiger partial charge in [-0.15, -0.1) is 0 Å². The van der Waals surface area contributed by atoms with E-state index in [2.05, 4.69) is 40.9 Å². The number of thioether (sulfide) groups is 1. The summed E-state index contributed by atoms with van der Waals surface area (Å²) in [4.78, 5) is 17.8. The number of aromatic nitrogens is 1. The smallest absolute Gasteiger partial charge is 0.279 e. The van der Waals surface area contributed by atoms with Crippen molar-refractivity contribution in [2.45, 2.75) is 26.8 Å². The lowest BCUT2D eigenvalue weighted by Gasteiger charge is -2.04. The van der Waals surface area contributed by atoms with Gasteiger partial charge in [-0.2, -0.15) is 16.8 Å². The molecule has 3 aromatic rings. The molecule has 1 aromatic heterocycles. The van der Waals surface area contributed by atoms with E-state index >= 15 is 0 Å². The molecular weight excluding hydrogens is 348 g/mol. The second-order valence-electron chi connectivity index (χ2n) is 5.97. The number of rotatable bonds is 5. The van der Waals surface area contributed by atoms with Crippen molar-refractivity contribution < 1.29 is 4.79 Å². The maximum Gasteiger partial charge on any atom is 0.279 e. The number of carbonyl (C=O) groups excluding carboxylic acids is 1. The third-order valence-corrected chi connectivity index (χ3v) is 5.77. The standard InChI is InChI=1S/C20H22N2OS2/c1-4-15-8-9-17-18(13-15)25-20(22(17)10-11-24-3)21-19(23)16-7-5-6-14(2)12-16/h5-9,12-13H,4,10-11H2,1-3H3. The van der Waals surface area contributed by atoms with Gasteiger partial charge in [0.2, 0.25) is 0 Å². The van der Waals surface area contributed by atoms with Gasteiger partial charge in [0.25, 0.3) is 5.91 Å². The molecule has 0 N–H and O–H groups in total. The summed E-state index contributed by atoms with van der Waals surface area (Å²) in [5.74, 6) is 0.816. The average molecular weight is 371 g/mol. The highest BCUT2D eigenvalue weighted by molar-refractivity contribution is 7.98. The molecule has 0 aliphatic heterocycles. The first kappa shape index (κ1) is 18.0. The maximum atomic E-state index is 12.6. The predicted octanol–water partition coefficient (Wildman–Crippen LogP) is 4.68. The first-order valence-electron chi connectivity index (χ1n) is 8.39. The third-order valence-electron chi connectivity index (χ3n) is 4.14. The SMILES string of the molecule is CCc1ccc2c(c1)sc(=NC(=O)c1cccc(C)c1)n2CCSC. The number of nitrogens with zero attached hydrogens (tertiary/aromatic N) is 2. The van der Waals surface area contributed by atoms with Crippen LogP contribution in [-0.4, -0.2) is 22.5 Å². The van der Waals surface area contributed by atoms with Crippen LogP contribution in [-0.2, 0) is 13.0 Å². The van der Waals surface area contributed by atoms with Crippen molar-refractivity contribution in [3.05, 3.63) is 64.0 Å². The minimum atomic E-state index is -0.177. The molecule has 0 saturated carbocycles. The average Bonchev–Trinajstić information content (AvgIpc) is 2.95. The van der Waals surface area contributed by atoms with Gasteiger partial charge in [0.15, 0.2) is 4.80 Å². The van der Waals surface area contributed by atoms with Gasteiger partial charge in [-0.3, -0.25) is 4.79 Å². The van der Waals surface area contributed by atoms with Crippen LogP contribution in [0.4, 0.5) is 0 Å². The molecule has 0 unspecified atom stereocenters. The van der Waals surface area contributed by atoms with Gasteiger partial charge in [-0.25, -0.2) is 0 Å². The fourth-order valence-corrected chi connectivity index (χ4v) is 4.23. The van der Waals surface area contributed by atoms with Crippen LogP contribution < -0.4 is 4.80 Å². The van der Waals surface area contributed by atoms with Crippen molar-refractivity contribution in [2.75, 3.05) is 12.0 Å². The molecule has 130 valence electrons. The van der Waals surface area contributed by atoms with Gasteiger partial charge in [0, 0.05) is 17.9 Å². The van der Waals surface area contributed by atoms with Gasteiger partial charge in [-0.05, 0) is 49.4 Å². The van der Waals surface area contributed by atoms with Gasteiger partial charge >= 0.3 is 0 Å². The highest BCUT2D eigenvalue weighted by Crippen LogP contribution is 2.20. The summed E-state index contributed by atoms with van der Waals surface area (Å²) >= 11 is 3.40. The molecule has 0 saturated heterocycles. The molecule has 0 atom stereocenters. The van der Waals surface area contributed by atoms with Gasteiger partial charge in [-0.1, -0.05) is 42.0 Å². The lowest BCUT2D eigenvalue weighted by Crippen LogP contribution is -2.18. The second kappa shape index (κ2) is 8.02. The highest BCUT2D eigenvalue weighted by Gasteiger charge is 2.10. The summed E-state index contributed by atoms with van der Waals surface area (Å²) in [6.07, 6.45) is 3.10. The van der Waals surface area contributed by atoms with E-state index in [0.29, 0.717) is 5.56 Å². The van der Waals surface area contributed by atoms with E-state index in [4.69, 9.17) is 0 Å². The predicted molar refractivity (Wildman–Crippen MR) is 109 cm³/mol. The molecule has 0 radical (unpaired) electrons. The number of thiazole rings is 1. The van der Waals surface area contributed by atoms with Gasteiger partial charge in [0.1, 0.15) is 0 Å². The Balaban J connectivity index is 2.11. The Morgan fingerprint density at radius 1 is 1.24 bits per heavy atom. The quantitative estimate of drug-likeness (QED) is 0.654. The Labute approximate surface area is 156 Å². The first-order valence-corrected chi connectivity index (χ1v) is 10.6. The number of amides is 1. The number of hydrogen-bond acceptors (Lipinski definition) is 3. The Morgan fingerprint density at radius 3 is 2.80 bits per heavy atom. The first-order chi connectivity index (χ1) is 12.1. The van der Waals surface area contributed by atoms with Crippen molar-refractivity contribution in [3.8, 4) is 0 Å². The van der Waals surface area contributed by atoms with E-state index in [9.17, 15) is 4.79 Å². The van der Waals surface area contributed by atoms with Crippen molar-refractivity contribution >= 4 is 39.2 Å². The Hall–Kier alpha value is -1.85. The summed E-state index contributed by atoms with van der Waals surface area (Å²) in [7, 11) is 0. The molecule has 1 heterocycles. The van der Waals surface area contributed by atoms with Crippen LogP contribution in [0.2, 0.25) is 0 Å². The molecule has 25 heavy (non-hydrogen) atoms. The molecule has 0 spiro atoms. The lowest BCUT2D eigenvalue weighted by molar-refractivity contribution is 0.0998. The minimum Gasteiger partial charge on any atom is -0.316 e. The third kappa shape index (κ3) is 4.05. The summed E-state index contributed by atoms with van der Waals surface area (Å²) in [5, 5.41) is 0. The van der Waals surface area contributed by atoms with Crippen LogP contribution >= 0.6 is 23.1 Å². The molecule has 5 heteroatoms. The number of benzene rings is 2. The zero-order chi connectivity index (χ0) is 17.8. The Bertz CT molecular complexity index is 969. The fourth-order valence-electron chi connectivity index (χ4n) is 2.75. The number of fused-ring (bicyclic) bond motifs is 1. The molecule has 3 nitrogen and oxygen atoms in total. The van der Waals surface area contributed by atoms with Crippen molar-refractivity contribution in [2.24, 2.45) is 4.99 Å². The van der Waals surface area contributed by atoms with Crippen LogP contribution in [0.25, 0.3) is 10.2 Å². The van der Waals surface area contributed by atoms with E-state index < -0.39 is 0 Å². The molecule has 1 amide bonds. The summed E-state index contributed by atoms with van der Waals surface area (Å²) in [6, 6.07) is 14.1. The Kier molecular flexibility index (Phi) is 5.76. The normalized spacial score (nSPS) is 12.0. The molecule has 0 aliphatic carbocycles. The minimum absolute atomic E-state index is 0.177. The topological polar surface area (TPSA) is 34.4 Å². The van der Waals surface area contributed by atoms with E-state index in [-0.39, 0.29) is 5.91 Å². The van der Waals surface area contributed by atoms with E-state index in [0.717, 1.165) is 34.6 Å². The van der Waals surface area contributed by atoms with E-state index in [1.807, 2.05) is 31.2 Å². The monoisotopic (exact) mass is 370 g/mol.